The Morgan fingerprint density at radius 1 is 1.03 bits per heavy atom. The Bertz CT molecular complexity index is 1050. The van der Waals surface area contributed by atoms with Crippen LogP contribution in [0.15, 0.2) is 60.7 Å². The van der Waals surface area contributed by atoms with E-state index >= 15 is 0 Å². The van der Waals surface area contributed by atoms with E-state index in [-0.39, 0.29) is 25.0 Å². The second-order valence-corrected chi connectivity index (χ2v) is 10.4. The molecule has 1 saturated carbocycles. The third-order valence-electron chi connectivity index (χ3n) is 6.20. The molecule has 0 saturated heterocycles. The highest BCUT2D eigenvalue weighted by Crippen LogP contribution is 2.38. The second kappa shape index (κ2) is 11.6. The molecule has 2 N–H and O–H groups in total. The normalized spacial score (nSPS) is 21.4. The Morgan fingerprint density at radius 3 is 2.18 bits per heavy atom. The minimum Gasteiger partial charge on any atom is -0.381 e. The van der Waals surface area contributed by atoms with Crippen molar-refractivity contribution in [2.24, 2.45) is 5.41 Å². The summed E-state index contributed by atoms with van der Waals surface area (Å²) in [4.78, 5) is 26.8. The first kappa shape index (κ1) is 25.9. The lowest BCUT2D eigenvalue weighted by molar-refractivity contribution is -0.139. The molecule has 3 rings (SSSR count). The molecular weight excluding hydrogens is 456 g/mol. The standard InChI is InChI=1S/C25H32N2O6S/c1-32-21-13-15-25(16-14-21,18-33-34(2,30)31)24(29)27-22(17-19-9-5-3-6-10-19)23(28)26-20-11-7-4-8-12-20/h3-12,21-22H,13-18H2,1-2H3,(H,26,28)(H,27,29)/t21?,22-,25?/m0/s1. The number of anilines is 1. The first-order valence-electron chi connectivity index (χ1n) is 11.3. The van der Waals surface area contributed by atoms with Crippen LogP contribution in [-0.4, -0.2) is 52.4 Å². The van der Waals surface area contributed by atoms with Gasteiger partial charge < -0.3 is 15.4 Å². The minimum absolute atomic E-state index is 0.000605. The van der Waals surface area contributed by atoms with E-state index in [2.05, 4.69) is 10.6 Å². The molecule has 2 aromatic rings. The Hall–Kier alpha value is -2.75. The molecule has 0 aromatic heterocycles. The van der Waals surface area contributed by atoms with Gasteiger partial charge in [-0.25, -0.2) is 0 Å². The Morgan fingerprint density at radius 2 is 1.62 bits per heavy atom. The smallest absolute Gasteiger partial charge is 0.264 e. The van der Waals surface area contributed by atoms with Gasteiger partial charge in [0.2, 0.25) is 11.8 Å². The second-order valence-electron chi connectivity index (χ2n) is 8.75. The van der Waals surface area contributed by atoms with Crippen LogP contribution in [0.4, 0.5) is 5.69 Å². The van der Waals surface area contributed by atoms with Gasteiger partial charge in [-0.1, -0.05) is 48.5 Å². The molecule has 8 nitrogen and oxygen atoms in total. The topological polar surface area (TPSA) is 111 Å². The van der Waals surface area contributed by atoms with E-state index in [1.54, 1.807) is 19.2 Å². The van der Waals surface area contributed by atoms with E-state index in [4.69, 9.17) is 8.92 Å². The summed E-state index contributed by atoms with van der Waals surface area (Å²) in [7, 11) is -2.12. The van der Waals surface area contributed by atoms with E-state index in [0.29, 0.717) is 31.4 Å². The van der Waals surface area contributed by atoms with Crippen LogP contribution in [0.2, 0.25) is 0 Å². The number of methoxy groups -OCH3 is 1. The quantitative estimate of drug-likeness (QED) is 0.498. The molecule has 184 valence electrons. The van der Waals surface area contributed by atoms with E-state index in [9.17, 15) is 18.0 Å². The molecule has 9 heteroatoms. The Balaban J connectivity index is 1.82. The maximum Gasteiger partial charge on any atom is 0.264 e. The highest BCUT2D eigenvalue weighted by Gasteiger charge is 2.44. The molecule has 1 fully saturated rings. The zero-order valence-corrected chi connectivity index (χ0v) is 20.3. The van der Waals surface area contributed by atoms with Crippen molar-refractivity contribution in [2.45, 2.75) is 44.2 Å². The van der Waals surface area contributed by atoms with E-state index in [0.717, 1.165) is 11.8 Å². The van der Waals surface area contributed by atoms with Crippen LogP contribution in [0.1, 0.15) is 31.2 Å². The van der Waals surface area contributed by atoms with Gasteiger partial charge in [-0.3, -0.25) is 13.8 Å². The van der Waals surface area contributed by atoms with Crippen LogP contribution in [0.3, 0.4) is 0 Å². The summed E-state index contributed by atoms with van der Waals surface area (Å²) >= 11 is 0. The SMILES string of the molecule is COC1CCC(COS(C)(=O)=O)(C(=O)N[C@@H](Cc2ccccc2)C(=O)Nc2ccccc2)CC1. The van der Waals surface area contributed by atoms with Crippen LogP contribution in [-0.2, 0) is 35.0 Å². The summed E-state index contributed by atoms with van der Waals surface area (Å²) in [5, 5.41) is 5.75. The number of nitrogens with one attached hydrogen (secondary N) is 2. The van der Waals surface area contributed by atoms with Gasteiger partial charge in [0.05, 0.1) is 24.4 Å². The molecule has 2 amide bonds. The van der Waals surface area contributed by atoms with Crippen LogP contribution >= 0.6 is 0 Å². The number of amides is 2. The number of rotatable bonds is 10. The maximum absolute atomic E-state index is 13.6. The molecule has 0 aliphatic heterocycles. The Labute approximate surface area is 201 Å². The molecule has 1 atom stereocenters. The maximum atomic E-state index is 13.6. The lowest BCUT2D eigenvalue weighted by atomic mass is 9.72. The molecule has 0 unspecified atom stereocenters. The Kier molecular flexibility index (Phi) is 8.82. The van der Waals surface area contributed by atoms with Crippen molar-refractivity contribution in [2.75, 3.05) is 25.3 Å². The molecule has 0 radical (unpaired) electrons. The highest BCUT2D eigenvalue weighted by atomic mass is 32.2. The summed E-state index contributed by atoms with van der Waals surface area (Å²) in [6.07, 6.45) is 3.23. The van der Waals surface area contributed by atoms with Crippen molar-refractivity contribution in [3.8, 4) is 0 Å². The summed E-state index contributed by atoms with van der Waals surface area (Å²) in [6, 6.07) is 17.6. The van der Waals surface area contributed by atoms with Gasteiger partial charge in [0.15, 0.2) is 0 Å². The van der Waals surface area contributed by atoms with Gasteiger partial charge in [0.1, 0.15) is 6.04 Å². The number of carbonyl (C=O) groups is 2. The summed E-state index contributed by atoms with van der Waals surface area (Å²) in [5.74, 6) is -0.747. The summed E-state index contributed by atoms with van der Waals surface area (Å²) < 4.78 is 33.9. The average Bonchev–Trinajstić information content (AvgIpc) is 2.83. The zero-order valence-electron chi connectivity index (χ0n) is 19.5. The summed E-state index contributed by atoms with van der Waals surface area (Å²) in [5.41, 5.74) is 0.441. The lowest BCUT2D eigenvalue weighted by Crippen LogP contribution is -2.54. The fourth-order valence-corrected chi connectivity index (χ4v) is 4.60. The monoisotopic (exact) mass is 488 g/mol. The van der Waals surface area contributed by atoms with Crippen molar-refractivity contribution in [3.05, 3.63) is 66.2 Å². The number of para-hydroxylation sites is 1. The first-order chi connectivity index (χ1) is 16.2. The van der Waals surface area contributed by atoms with Crippen molar-refractivity contribution < 1.29 is 26.9 Å². The zero-order chi connectivity index (χ0) is 24.6. The molecule has 2 aromatic carbocycles. The number of benzene rings is 2. The molecule has 1 aliphatic carbocycles. The third kappa shape index (κ3) is 7.38. The predicted octanol–water partition coefficient (Wildman–Crippen LogP) is 2.90. The molecule has 0 heterocycles. The molecule has 34 heavy (non-hydrogen) atoms. The largest absolute Gasteiger partial charge is 0.381 e. The minimum atomic E-state index is -3.74. The third-order valence-corrected chi connectivity index (χ3v) is 6.75. The predicted molar refractivity (Wildman–Crippen MR) is 130 cm³/mol. The van der Waals surface area contributed by atoms with Crippen molar-refractivity contribution in [1.82, 2.24) is 5.32 Å². The van der Waals surface area contributed by atoms with Crippen molar-refractivity contribution in [1.29, 1.82) is 0 Å². The number of carbonyl (C=O) groups excluding carboxylic acids is 2. The first-order valence-corrected chi connectivity index (χ1v) is 13.1. The van der Waals surface area contributed by atoms with Gasteiger partial charge in [-0.2, -0.15) is 8.42 Å². The highest BCUT2D eigenvalue weighted by molar-refractivity contribution is 7.85. The van der Waals surface area contributed by atoms with Crippen LogP contribution in [0, 0.1) is 5.41 Å². The van der Waals surface area contributed by atoms with Gasteiger partial charge >= 0.3 is 0 Å². The number of hydrogen-bond donors (Lipinski definition) is 2. The van der Waals surface area contributed by atoms with Crippen molar-refractivity contribution >= 4 is 27.6 Å². The van der Waals surface area contributed by atoms with Crippen LogP contribution < -0.4 is 10.6 Å². The van der Waals surface area contributed by atoms with E-state index in [1.165, 1.54) is 0 Å². The molecular formula is C25H32N2O6S. The van der Waals surface area contributed by atoms with Crippen LogP contribution in [0.5, 0.6) is 0 Å². The molecule has 0 bridgehead atoms. The molecule has 0 spiro atoms. The van der Waals surface area contributed by atoms with Gasteiger partial charge in [-0.15, -0.1) is 0 Å². The fraction of sp³-hybridized carbons (Fsp3) is 0.440. The number of ether oxygens (including phenoxy) is 1. The van der Waals surface area contributed by atoms with Crippen molar-refractivity contribution in [3.63, 3.8) is 0 Å². The van der Waals surface area contributed by atoms with E-state index < -0.39 is 27.5 Å². The van der Waals surface area contributed by atoms with Gasteiger partial charge in [0.25, 0.3) is 10.1 Å². The van der Waals surface area contributed by atoms with Gasteiger partial charge in [-0.05, 0) is 43.4 Å². The van der Waals surface area contributed by atoms with E-state index in [1.807, 2.05) is 48.5 Å². The van der Waals surface area contributed by atoms with Crippen LogP contribution in [0.25, 0.3) is 0 Å². The fourth-order valence-electron chi connectivity index (χ4n) is 4.16. The summed E-state index contributed by atoms with van der Waals surface area (Å²) in [6.45, 7) is -0.271. The molecule has 1 aliphatic rings. The van der Waals surface area contributed by atoms with Gasteiger partial charge in [0, 0.05) is 19.2 Å². The number of hydrogen-bond acceptors (Lipinski definition) is 6. The lowest BCUT2D eigenvalue weighted by Gasteiger charge is -2.38. The average molecular weight is 489 g/mol.